The Balaban J connectivity index is 3.92. The van der Waals surface area contributed by atoms with Gasteiger partial charge in [-0.3, -0.25) is 4.79 Å². The molecule has 2 nitrogen and oxygen atoms in total. The molecule has 0 aromatic carbocycles. The molecule has 0 heterocycles. The predicted octanol–water partition coefficient (Wildman–Crippen LogP) is 1.17. The van der Waals surface area contributed by atoms with Crippen molar-refractivity contribution in [3.05, 3.63) is 6.92 Å². The van der Waals surface area contributed by atoms with E-state index in [1.54, 1.807) is 13.8 Å². The molecule has 0 spiro atoms. The van der Waals surface area contributed by atoms with Gasteiger partial charge in [0.2, 0.25) is 0 Å². The number of ether oxygens (including phenoxy) is 1. The lowest BCUT2D eigenvalue weighted by molar-refractivity contribution is -0.150. The summed E-state index contributed by atoms with van der Waals surface area (Å²) >= 11 is 0. The van der Waals surface area contributed by atoms with Gasteiger partial charge >= 0.3 is 5.97 Å². The molecule has 0 aliphatic rings. The van der Waals surface area contributed by atoms with Gasteiger partial charge in [-0.15, -0.1) is 6.42 Å². The van der Waals surface area contributed by atoms with Crippen LogP contribution in [-0.2, 0) is 9.53 Å². The zero-order chi connectivity index (χ0) is 8.20. The zero-order valence-electron chi connectivity index (χ0n) is 6.31. The first-order valence-corrected chi connectivity index (χ1v) is 3.00. The number of esters is 1. The molecule has 10 heavy (non-hydrogen) atoms. The highest BCUT2D eigenvalue weighted by Crippen LogP contribution is 2.07. The highest BCUT2D eigenvalue weighted by Gasteiger charge is 2.17. The fourth-order valence-electron chi connectivity index (χ4n) is 0.365. The van der Waals surface area contributed by atoms with Crippen LogP contribution in [0.25, 0.3) is 0 Å². The van der Waals surface area contributed by atoms with E-state index < -0.39 is 5.60 Å². The van der Waals surface area contributed by atoms with Gasteiger partial charge in [0.15, 0.2) is 5.60 Å². The van der Waals surface area contributed by atoms with Gasteiger partial charge in [-0.1, -0.05) is 5.92 Å². The second-order valence-corrected chi connectivity index (χ2v) is 2.38. The maximum Gasteiger partial charge on any atom is 0.307 e. The predicted molar refractivity (Wildman–Crippen MR) is 39.0 cm³/mol. The van der Waals surface area contributed by atoms with Crippen LogP contribution in [0.3, 0.4) is 0 Å². The Bertz CT molecular complexity index is 163. The molecule has 0 aromatic heterocycles. The van der Waals surface area contributed by atoms with Crippen molar-refractivity contribution in [2.24, 2.45) is 0 Å². The summed E-state index contributed by atoms with van der Waals surface area (Å²) in [5.41, 5.74) is -0.797. The van der Waals surface area contributed by atoms with Crippen LogP contribution < -0.4 is 0 Å². The van der Waals surface area contributed by atoms with Gasteiger partial charge in [0.05, 0.1) is 0 Å². The molecule has 0 atom stereocenters. The van der Waals surface area contributed by atoms with Crippen molar-refractivity contribution in [2.45, 2.75) is 25.9 Å². The maximum absolute atomic E-state index is 10.6. The molecule has 0 rings (SSSR count). The first kappa shape index (κ1) is 9.03. The summed E-state index contributed by atoms with van der Waals surface area (Å²) in [4.78, 5) is 10.6. The van der Waals surface area contributed by atoms with E-state index in [0.29, 0.717) is 0 Å². The molecular weight excluding hydrogens is 128 g/mol. The summed E-state index contributed by atoms with van der Waals surface area (Å²) in [6.45, 7) is 6.67. The molecular formula is C8H11O2. The Hall–Kier alpha value is -0.970. The summed E-state index contributed by atoms with van der Waals surface area (Å²) in [7, 11) is 0. The average Bonchev–Trinajstić information content (AvgIpc) is 1.87. The molecule has 0 saturated heterocycles. The van der Waals surface area contributed by atoms with Crippen molar-refractivity contribution in [2.75, 3.05) is 0 Å². The quantitative estimate of drug-likeness (QED) is 0.424. The highest BCUT2D eigenvalue weighted by atomic mass is 16.6. The number of hydrogen-bond donors (Lipinski definition) is 0. The molecule has 0 N–H and O–H groups in total. The monoisotopic (exact) mass is 139 g/mol. The molecule has 2 heteroatoms. The molecule has 0 amide bonds. The second-order valence-electron chi connectivity index (χ2n) is 2.38. The molecule has 0 aliphatic heterocycles. The third kappa shape index (κ3) is 3.13. The molecule has 0 saturated carbocycles. The van der Waals surface area contributed by atoms with E-state index in [0.717, 1.165) is 0 Å². The van der Waals surface area contributed by atoms with Gasteiger partial charge in [-0.25, -0.2) is 0 Å². The fraction of sp³-hybridized carbons (Fsp3) is 0.500. The first-order valence-electron chi connectivity index (χ1n) is 3.00. The van der Waals surface area contributed by atoms with Crippen LogP contribution in [0.5, 0.6) is 0 Å². The van der Waals surface area contributed by atoms with Crippen molar-refractivity contribution in [1.82, 2.24) is 0 Å². The van der Waals surface area contributed by atoms with E-state index in [4.69, 9.17) is 11.2 Å². The number of carbonyl (C=O) groups excluding carboxylic acids is 1. The Labute approximate surface area is 61.6 Å². The second kappa shape index (κ2) is 3.26. The molecule has 1 radical (unpaired) electrons. The minimum Gasteiger partial charge on any atom is -0.446 e. The largest absolute Gasteiger partial charge is 0.446 e. The van der Waals surface area contributed by atoms with Crippen molar-refractivity contribution < 1.29 is 9.53 Å². The molecule has 0 unspecified atom stereocenters. The molecule has 55 valence electrons. The Kier molecular flexibility index (Phi) is 2.95. The van der Waals surface area contributed by atoms with Crippen LogP contribution in [0.1, 0.15) is 20.3 Å². The van der Waals surface area contributed by atoms with Gasteiger partial charge in [0.25, 0.3) is 0 Å². The lowest BCUT2D eigenvalue weighted by Gasteiger charge is -2.17. The first-order chi connectivity index (χ1) is 4.52. The number of rotatable bonds is 2. The van der Waals surface area contributed by atoms with Crippen molar-refractivity contribution >= 4 is 5.97 Å². The van der Waals surface area contributed by atoms with E-state index in [2.05, 4.69) is 12.8 Å². The summed E-state index contributed by atoms with van der Waals surface area (Å²) in [5, 5.41) is 0. The lowest BCUT2D eigenvalue weighted by Crippen LogP contribution is -2.25. The van der Waals surface area contributed by atoms with Crippen LogP contribution in [0.4, 0.5) is 0 Å². The maximum atomic E-state index is 10.6. The van der Waals surface area contributed by atoms with Gasteiger partial charge in [0.1, 0.15) is 0 Å². The average molecular weight is 139 g/mol. The van der Waals surface area contributed by atoms with Crippen LogP contribution >= 0.6 is 0 Å². The number of carbonyl (C=O) groups is 1. The van der Waals surface area contributed by atoms with Crippen LogP contribution in [0.15, 0.2) is 0 Å². The summed E-state index contributed by atoms with van der Waals surface area (Å²) in [6, 6.07) is 0. The fourth-order valence-corrected chi connectivity index (χ4v) is 0.365. The van der Waals surface area contributed by atoms with Gasteiger partial charge in [-0.05, 0) is 20.8 Å². The summed E-state index contributed by atoms with van der Waals surface area (Å²) in [5.74, 6) is 1.96. The lowest BCUT2D eigenvalue weighted by atomic mass is 10.1. The minimum atomic E-state index is -0.797. The molecule has 0 aliphatic carbocycles. The summed E-state index contributed by atoms with van der Waals surface area (Å²) < 4.78 is 4.80. The zero-order valence-corrected chi connectivity index (χ0v) is 6.31. The Morgan fingerprint density at radius 3 is 2.60 bits per heavy atom. The third-order valence-corrected chi connectivity index (χ3v) is 0.921. The van der Waals surface area contributed by atoms with Crippen LogP contribution in [0.2, 0.25) is 0 Å². The molecule has 0 aromatic rings. The topological polar surface area (TPSA) is 26.3 Å². The van der Waals surface area contributed by atoms with Crippen LogP contribution in [-0.4, -0.2) is 11.6 Å². The normalized spacial score (nSPS) is 10.2. The SMILES string of the molecule is C#CC(C)(C)OC(=O)C[CH2]. The molecule has 0 bridgehead atoms. The van der Waals surface area contributed by atoms with Crippen molar-refractivity contribution in [3.63, 3.8) is 0 Å². The highest BCUT2D eigenvalue weighted by molar-refractivity contribution is 5.70. The summed E-state index contributed by atoms with van der Waals surface area (Å²) in [6.07, 6.45) is 5.18. The van der Waals surface area contributed by atoms with Gasteiger partial charge in [0, 0.05) is 6.42 Å². The van der Waals surface area contributed by atoms with Gasteiger partial charge in [-0.2, -0.15) is 0 Å². The minimum absolute atomic E-state index is 0.116. The van der Waals surface area contributed by atoms with E-state index in [9.17, 15) is 4.79 Å². The van der Waals surface area contributed by atoms with E-state index in [1.165, 1.54) is 0 Å². The van der Waals surface area contributed by atoms with E-state index >= 15 is 0 Å². The van der Waals surface area contributed by atoms with Crippen molar-refractivity contribution in [3.8, 4) is 12.3 Å². The standard InChI is InChI=1S/C8H11O2/c1-5-7(9)10-8(3,4)6-2/h2H,1,5H2,3-4H3. The van der Waals surface area contributed by atoms with Gasteiger partial charge < -0.3 is 4.74 Å². The third-order valence-electron chi connectivity index (χ3n) is 0.921. The van der Waals surface area contributed by atoms with Crippen molar-refractivity contribution in [1.29, 1.82) is 0 Å². The smallest absolute Gasteiger partial charge is 0.307 e. The van der Waals surface area contributed by atoms with E-state index in [1.807, 2.05) is 0 Å². The van der Waals surface area contributed by atoms with E-state index in [-0.39, 0.29) is 12.4 Å². The molecule has 0 fully saturated rings. The Morgan fingerprint density at radius 1 is 1.80 bits per heavy atom. The van der Waals surface area contributed by atoms with Crippen LogP contribution in [0, 0.1) is 19.3 Å². The number of hydrogen-bond acceptors (Lipinski definition) is 2. The number of terminal acetylenes is 1. The Morgan fingerprint density at radius 2 is 2.30 bits per heavy atom.